The van der Waals surface area contributed by atoms with Gasteiger partial charge in [0.1, 0.15) is 18.0 Å². The van der Waals surface area contributed by atoms with Crippen LogP contribution < -0.4 is 4.74 Å². The largest absolute Gasteiger partial charge is 0.487 e. The Balaban J connectivity index is 1.43. The van der Waals surface area contributed by atoms with Crippen molar-refractivity contribution in [2.45, 2.75) is 39.7 Å². The molecule has 1 amide bonds. The van der Waals surface area contributed by atoms with Crippen molar-refractivity contribution in [2.75, 3.05) is 13.1 Å². The predicted octanol–water partition coefficient (Wildman–Crippen LogP) is 4.48. The van der Waals surface area contributed by atoms with E-state index >= 15 is 0 Å². The van der Waals surface area contributed by atoms with Crippen molar-refractivity contribution in [1.29, 1.82) is 0 Å². The fraction of sp³-hybridized carbons (Fsp3) is 0.391. The van der Waals surface area contributed by atoms with Crippen LogP contribution in [-0.2, 0) is 6.61 Å². The summed E-state index contributed by atoms with van der Waals surface area (Å²) in [7, 11) is 0. The number of ether oxygens (including phenoxy) is 1. The number of pyridine rings is 1. The van der Waals surface area contributed by atoms with Crippen LogP contribution >= 0.6 is 0 Å². The first-order chi connectivity index (χ1) is 13.6. The maximum absolute atomic E-state index is 12.9. The van der Waals surface area contributed by atoms with E-state index < -0.39 is 0 Å². The summed E-state index contributed by atoms with van der Waals surface area (Å²) in [4.78, 5) is 19.5. The first-order valence-corrected chi connectivity index (χ1v) is 10.1. The molecule has 0 aliphatic carbocycles. The second-order valence-electron chi connectivity index (χ2n) is 7.69. The van der Waals surface area contributed by atoms with Crippen molar-refractivity contribution in [3.63, 3.8) is 0 Å². The number of fused-ring (bicyclic) bond motifs is 1. The maximum atomic E-state index is 12.9. The van der Waals surface area contributed by atoms with Crippen molar-refractivity contribution in [2.24, 2.45) is 5.92 Å². The third-order valence-electron chi connectivity index (χ3n) is 5.50. The average Bonchev–Trinajstić information content (AvgIpc) is 3.14. The van der Waals surface area contributed by atoms with Crippen molar-refractivity contribution in [3.05, 3.63) is 65.6 Å². The molecule has 1 aliphatic heterocycles. The molecule has 3 aromatic rings. The van der Waals surface area contributed by atoms with Crippen LogP contribution in [0.1, 0.15) is 47.8 Å². The van der Waals surface area contributed by atoms with E-state index in [1.54, 1.807) is 0 Å². The fourth-order valence-corrected chi connectivity index (χ4v) is 3.87. The quantitative estimate of drug-likeness (QED) is 0.658. The molecule has 4 rings (SSSR count). The third-order valence-corrected chi connectivity index (χ3v) is 5.50. The van der Waals surface area contributed by atoms with Crippen molar-refractivity contribution < 1.29 is 9.53 Å². The number of aryl methyl sites for hydroxylation is 1. The summed E-state index contributed by atoms with van der Waals surface area (Å²) in [5.41, 5.74) is 3.65. The topological polar surface area (TPSA) is 46.8 Å². The van der Waals surface area contributed by atoms with E-state index in [9.17, 15) is 4.79 Å². The summed E-state index contributed by atoms with van der Waals surface area (Å²) in [5.74, 6) is 1.42. The normalized spacial score (nSPS) is 17.1. The molecule has 1 aromatic carbocycles. The number of amides is 1. The van der Waals surface area contributed by atoms with Crippen LogP contribution in [0.2, 0.25) is 0 Å². The number of nitrogens with zero attached hydrogens (tertiary/aromatic N) is 3. The molecule has 28 heavy (non-hydrogen) atoms. The van der Waals surface area contributed by atoms with Crippen LogP contribution in [0.4, 0.5) is 0 Å². The molecule has 146 valence electrons. The second-order valence-corrected chi connectivity index (χ2v) is 7.69. The summed E-state index contributed by atoms with van der Waals surface area (Å²) in [6, 6.07) is 11.5. The molecule has 1 saturated heterocycles. The summed E-state index contributed by atoms with van der Waals surface area (Å²) < 4.78 is 7.93. The Morgan fingerprint density at radius 2 is 2.14 bits per heavy atom. The van der Waals surface area contributed by atoms with E-state index in [1.807, 2.05) is 58.1 Å². The molecule has 1 atom stereocenters. The first kappa shape index (κ1) is 18.5. The Bertz CT molecular complexity index is 979. The van der Waals surface area contributed by atoms with Crippen molar-refractivity contribution in [1.82, 2.24) is 14.3 Å². The zero-order chi connectivity index (χ0) is 19.5. The predicted molar refractivity (Wildman–Crippen MR) is 110 cm³/mol. The summed E-state index contributed by atoms with van der Waals surface area (Å²) in [5, 5.41) is 0. The SMILES string of the molecule is CCC1CCCN(C(=O)c2cccc(OCc3cn4cc(C)ccc4n3)c2)C1. The van der Waals surface area contributed by atoms with E-state index in [2.05, 4.69) is 18.8 Å². The number of imidazole rings is 1. The van der Waals surface area contributed by atoms with Crippen LogP contribution in [0.5, 0.6) is 5.75 Å². The van der Waals surface area contributed by atoms with E-state index in [0.717, 1.165) is 37.3 Å². The molecular formula is C23H27N3O2. The zero-order valence-corrected chi connectivity index (χ0v) is 16.6. The van der Waals surface area contributed by atoms with Gasteiger partial charge in [0, 0.05) is 31.0 Å². The van der Waals surface area contributed by atoms with Crippen LogP contribution in [-0.4, -0.2) is 33.3 Å². The number of piperidine rings is 1. The molecule has 5 nitrogen and oxygen atoms in total. The number of benzene rings is 1. The molecule has 1 unspecified atom stereocenters. The lowest BCUT2D eigenvalue weighted by Crippen LogP contribution is -2.39. The van der Waals surface area contributed by atoms with Crippen LogP contribution in [0.3, 0.4) is 0 Å². The lowest BCUT2D eigenvalue weighted by atomic mass is 9.95. The van der Waals surface area contributed by atoms with Gasteiger partial charge in [-0.25, -0.2) is 4.98 Å². The summed E-state index contributed by atoms with van der Waals surface area (Å²) in [6.07, 6.45) is 7.48. The van der Waals surface area contributed by atoms with E-state index in [-0.39, 0.29) is 5.91 Å². The molecule has 1 fully saturated rings. The second kappa shape index (κ2) is 8.05. The van der Waals surface area contributed by atoms with Crippen molar-refractivity contribution >= 4 is 11.6 Å². The Morgan fingerprint density at radius 3 is 3.00 bits per heavy atom. The lowest BCUT2D eigenvalue weighted by molar-refractivity contribution is 0.0670. The standard InChI is InChI=1S/C23H27N3O2/c1-3-18-6-5-11-25(14-18)23(27)19-7-4-8-21(12-19)28-16-20-15-26-13-17(2)9-10-22(26)24-20/h4,7-10,12-13,15,18H,3,5-6,11,14,16H2,1-2H3. The highest BCUT2D eigenvalue weighted by atomic mass is 16.5. The molecule has 2 aromatic heterocycles. The van der Waals surface area contributed by atoms with E-state index in [4.69, 9.17) is 4.74 Å². The maximum Gasteiger partial charge on any atom is 0.253 e. The molecule has 0 spiro atoms. The molecule has 1 aliphatic rings. The number of carbonyl (C=O) groups is 1. The Hall–Kier alpha value is -2.82. The van der Waals surface area contributed by atoms with Crippen LogP contribution in [0.25, 0.3) is 5.65 Å². The van der Waals surface area contributed by atoms with Gasteiger partial charge in [0.25, 0.3) is 5.91 Å². The molecule has 0 bridgehead atoms. The monoisotopic (exact) mass is 377 g/mol. The van der Waals surface area contributed by atoms with Gasteiger partial charge < -0.3 is 14.0 Å². The van der Waals surface area contributed by atoms with Gasteiger partial charge in [-0.2, -0.15) is 0 Å². The highest BCUT2D eigenvalue weighted by Crippen LogP contribution is 2.22. The molecular weight excluding hydrogens is 350 g/mol. The van der Waals surface area contributed by atoms with E-state index in [0.29, 0.717) is 23.8 Å². The molecule has 0 saturated carbocycles. The Kier molecular flexibility index (Phi) is 5.33. The first-order valence-electron chi connectivity index (χ1n) is 10.1. The molecule has 5 heteroatoms. The lowest BCUT2D eigenvalue weighted by Gasteiger charge is -2.32. The third kappa shape index (κ3) is 4.03. The van der Waals surface area contributed by atoms with Gasteiger partial charge in [0.15, 0.2) is 0 Å². The minimum Gasteiger partial charge on any atom is -0.487 e. The summed E-state index contributed by atoms with van der Waals surface area (Å²) in [6.45, 7) is 6.35. The Morgan fingerprint density at radius 1 is 1.25 bits per heavy atom. The smallest absolute Gasteiger partial charge is 0.253 e. The molecule has 3 heterocycles. The highest BCUT2D eigenvalue weighted by molar-refractivity contribution is 5.94. The number of aromatic nitrogens is 2. The van der Waals surface area contributed by atoms with Gasteiger partial charge >= 0.3 is 0 Å². The van der Waals surface area contributed by atoms with Crippen molar-refractivity contribution in [3.8, 4) is 5.75 Å². The number of rotatable bonds is 5. The highest BCUT2D eigenvalue weighted by Gasteiger charge is 2.23. The van der Waals surface area contributed by atoms with Gasteiger partial charge in [-0.3, -0.25) is 4.79 Å². The Labute approximate surface area is 166 Å². The number of hydrogen-bond acceptors (Lipinski definition) is 3. The van der Waals surface area contributed by atoms with Crippen LogP contribution in [0.15, 0.2) is 48.8 Å². The minimum absolute atomic E-state index is 0.104. The van der Waals surface area contributed by atoms with Gasteiger partial charge in [0.05, 0.1) is 5.69 Å². The zero-order valence-electron chi connectivity index (χ0n) is 16.6. The number of carbonyl (C=O) groups excluding carboxylic acids is 1. The van der Waals surface area contributed by atoms with Crippen LogP contribution in [0, 0.1) is 12.8 Å². The minimum atomic E-state index is 0.104. The molecule has 0 radical (unpaired) electrons. The van der Waals surface area contributed by atoms with Gasteiger partial charge in [-0.1, -0.05) is 25.5 Å². The summed E-state index contributed by atoms with van der Waals surface area (Å²) >= 11 is 0. The molecule has 0 N–H and O–H groups in total. The number of likely N-dealkylation sites (tertiary alicyclic amines) is 1. The average molecular weight is 377 g/mol. The number of hydrogen-bond donors (Lipinski definition) is 0. The van der Waals surface area contributed by atoms with E-state index in [1.165, 1.54) is 12.0 Å². The fourth-order valence-electron chi connectivity index (χ4n) is 3.87. The van der Waals surface area contributed by atoms with Gasteiger partial charge in [-0.15, -0.1) is 0 Å². The van der Waals surface area contributed by atoms with Gasteiger partial charge in [-0.05, 0) is 55.5 Å². The van der Waals surface area contributed by atoms with Gasteiger partial charge in [0.2, 0.25) is 0 Å².